The van der Waals surface area contributed by atoms with Crippen molar-refractivity contribution in [3.63, 3.8) is 0 Å². The number of carbonyl (C=O) groups is 2. The Morgan fingerprint density at radius 1 is 1.10 bits per heavy atom. The number of esters is 1. The molecule has 9 heteroatoms. The largest absolute Gasteiger partial charge is 0.465 e. The van der Waals surface area contributed by atoms with E-state index in [4.69, 9.17) is 4.74 Å². The lowest BCUT2D eigenvalue weighted by Gasteiger charge is -2.13. The number of urea groups is 1. The molecular formula is C20H27N5O3S. The number of hydrogen-bond acceptors (Lipinski definition) is 6. The number of thiazole rings is 1. The van der Waals surface area contributed by atoms with Crippen LogP contribution in [0.4, 0.5) is 9.93 Å². The maximum atomic E-state index is 12.4. The highest BCUT2D eigenvalue weighted by molar-refractivity contribution is 7.15. The van der Waals surface area contributed by atoms with E-state index in [1.807, 2.05) is 4.68 Å². The highest BCUT2D eigenvalue weighted by Gasteiger charge is 2.26. The molecule has 2 N–H and O–H groups in total. The smallest absolute Gasteiger partial charge is 0.341 e. The van der Waals surface area contributed by atoms with Crippen molar-refractivity contribution in [1.82, 2.24) is 20.1 Å². The van der Waals surface area contributed by atoms with Crippen molar-refractivity contribution in [1.29, 1.82) is 0 Å². The first kappa shape index (κ1) is 19.9. The third-order valence-corrected chi connectivity index (χ3v) is 6.61. The maximum absolute atomic E-state index is 12.4. The van der Waals surface area contributed by atoms with E-state index < -0.39 is 5.97 Å². The molecule has 29 heavy (non-hydrogen) atoms. The first-order valence-electron chi connectivity index (χ1n) is 10.4. The first-order valence-corrected chi connectivity index (χ1v) is 11.2. The summed E-state index contributed by atoms with van der Waals surface area (Å²) in [5.41, 5.74) is 3.07. The summed E-state index contributed by atoms with van der Waals surface area (Å²) in [5.74, 6) is -0.398. The zero-order valence-electron chi connectivity index (χ0n) is 16.8. The zero-order valence-corrected chi connectivity index (χ0v) is 17.6. The third kappa shape index (κ3) is 4.44. The maximum Gasteiger partial charge on any atom is 0.341 e. The van der Waals surface area contributed by atoms with E-state index >= 15 is 0 Å². The van der Waals surface area contributed by atoms with Gasteiger partial charge in [-0.15, -0.1) is 11.3 Å². The number of aromatic nitrogens is 3. The van der Waals surface area contributed by atoms with Gasteiger partial charge in [-0.2, -0.15) is 5.10 Å². The number of ether oxygens (including phenoxy) is 1. The van der Waals surface area contributed by atoms with Crippen LogP contribution < -0.4 is 10.6 Å². The second kappa shape index (κ2) is 8.94. The molecule has 0 atom stereocenters. The van der Waals surface area contributed by atoms with E-state index in [2.05, 4.69) is 20.7 Å². The van der Waals surface area contributed by atoms with Crippen LogP contribution in [0.5, 0.6) is 0 Å². The van der Waals surface area contributed by atoms with Crippen molar-refractivity contribution >= 4 is 28.5 Å². The Bertz CT molecular complexity index is 879. The topological polar surface area (TPSA) is 98.1 Å². The predicted molar refractivity (Wildman–Crippen MR) is 110 cm³/mol. The molecule has 2 aromatic rings. The van der Waals surface area contributed by atoms with Gasteiger partial charge < -0.3 is 10.1 Å². The molecule has 4 rings (SSSR count). The van der Waals surface area contributed by atoms with Gasteiger partial charge in [0.25, 0.3) is 0 Å². The van der Waals surface area contributed by atoms with E-state index in [0.29, 0.717) is 16.4 Å². The fourth-order valence-corrected chi connectivity index (χ4v) is 5.12. The van der Waals surface area contributed by atoms with Crippen molar-refractivity contribution in [2.45, 2.75) is 70.9 Å². The Labute approximate surface area is 174 Å². The van der Waals surface area contributed by atoms with Crippen LogP contribution in [0.1, 0.15) is 70.8 Å². The lowest BCUT2D eigenvalue weighted by molar-refractivity contribution is 0.0597. The van der Waals surface area contributed by atoms with Crippen LogP contribution in [0, 0.1) is 0 Å². The van der Waals surface area contributed by atoms with E-state index in [1.54, 1.807) is 11.3 Å². The Morgan fingerprint density at radius 3 is 2.72 bits per heavy atom. The number of rotatable bonds is 4. The van der Waals surface area contributed by atoms with Gasteiger partial charge in [0, 0.05) is 11.4 Å². The molecule has 0 fully saturated rings. The molecule has 0 unspecified atom stereocenters. The van der Waals surface area contributed by atoms with Crippen LogP contribution in [-0.2, 0) is 37.1 Å². The van der Waals surface area contributed by atoms with Crippen LogP contribution in [0.2, 0.25) is 0 Å². The molecule has 0 radical (unpaired) electrons. The molecule has 2 amide bonds. The molecular weight excluding hydrogens is 390 g/mol. The zero-order chi connectivity index (χ0) is 20.2. The summed E-state index contributed by atoms with van der Waals surface area (Å²) in [6, 6.07) is -0.339. The fraction of sp³-hybridized carbons (Fsp3) is 0.600. The molecule has 0 saturated carbocycles. The number of aryl methyl sites for hydroxylation is 3. The standard InChI is InChI=1S/C20H27N5O3S/c1-28-18(26)17-14(24-25-11-7-6-9-15(17)25)12-21-19(27)23-20-22-13-8-4-2-3-5-10-16(13)29-20/h2-12H2,1H3,(H2,21,22,23,27). The van der Waals surface area contributed by atoms with Gasteiger partial charge in [0.1, 0.15) is 5.56 Å². The van der Waals surface area contributed by atoms with Crippen LogP contribution >= 0.6 is 11.3 Å². The van der Waals surface area contributed by atoms with Gasteiger partial charge in [-0.25, -0.2) is 14.6 Å². The highest BCUT2D eigenvalue weighted by Crippen LogP contribution is 2.28. The lowest BCUT2D eigenvalue weighted by atomic mass is 10.0. The Morgan fingerprint density at radius 2 is 1.90 bits per heavy atom. The number of carbonyl (C=O) groups excluding carboxylic acids is 2. The predicted octanol–water partition coefficient (Wildman–Crippen LogP) is 3.44. The molecule has 1 aliphatic heterocycles. The van der Waals surface area contributed by atoms with Gasteiger partial charge in [0.05, 0.1) is 30.7 Å². The first-order chi connectivity index (χ1) is 14.2. The summed E-state index contributed by atoms with van der Waals surface area (Å²) in [5, 5.41) is 10.8. The minimum atomic E-state index is -0.398. The number of hydrogen-bond donors (Lipinski definition) is 2. The Hall–Kier alpha value is -2.42. The summed E-state index contributed by atoms with van der Waals surface area (Å²) in [6.45, 7) is 0.956. The summed E-state index contributed by atoms with van der Waals surface area (Å²) in [7, 11) is 1.37. The van der Waals surface area contributed by atoms with Gasteiger partial charge in [-0.3, -0.25) is 10.00 Å². The monoisotopic (exact) mass is 417 g/mol. The summed E-state index contributed by atoms with van der Waals surface area (Å²) >= 11 is 1.56. The Balaban J connectivity index is 1.42. The van der Waals surface area contributed by atoms with Crippen molar-refractivity contribution in [3.05, 3.63) is 27.5 Å². The third-order valence-electron chi connectivity index (χ3n) is 5.54. The summed E-state index contributed by atoms with van der Waals surface area (Å²) in [6.07, 6.45) is 9.74. The normalized spacial score (nSPS) is 16.2. The average Bonchev–Trinajstić information content (AvgIpc) is 3.26. The molecule has 0 aromatic carbocycles. The number of nitrogens with one attached hydrogen (secondary N) is 2. The molecule has 2 aliphatic rings. The van der Waals surface area contributed by atoms with Crippen LogP contribution in [-0.4, -0.2) is 33.9 Å². The van der Waals surface area contributed by atoms with Gasteiger partial charge in [0.2, 0.25) is 0 Å². The van der Waals surface area contributed by atoms with E-state index in [0.717, 1.165) is 56.5 Å². The van der Waals surface area contributed by atoms with Crippen LogP contribution in [0.3, 0.4) is 0 Å². The van der Waals surface area contributed by atoms with Crippen molar-refractivity contribution in [3.8, 4) is 0 Å². The highest BCUT2D eigenvalue weighted by atomic mass is 32.1. The number of anilines is 1. The van der Waals surface area contributed by atoms with Gasteiger partial charge in [-0.1, -0.05) is 12.8 Å². The van der Waals surface area contributed by atoms with Gasteiger partial charge >= 0.3 is 12.0 Å². The summed E-state index contributed by atoms with van der Waals surface area (Å²) < 4.78 is 6.81. The lowest BCUT2D eigenvalue weighted by Crippen LogP contribution is -2.29. The van der Waals surface area contributed by atoms with Crippen molar-refractivity contribution < 1.29 is 14.3 Å². The number of fused-ring (bicyclic) bond motifs is 2. The SMILES string of the molecule is COC(=O)c1c(CNC(=O)Nc2nc3c(s2)CCCCCC3)nn2c1CCCC2. The minimum Gasteiger partial charge on any atom is -0.465 e. The second-order valence-corrected chi connectivity index (χ2v) is 8.63. The van der Waals surface area contributed by atoms with Gasteiger partial charge in [0.15, 0.2) is 5.13 Å². The summed E-state index contributed by atoms with van der Waals surface area (Å²) in [4.78, 5) is 30.6. The molecule has 1 aliphatic carbocycles. The Kier molecular flexibility index (Phi) is 6.13. The molecule has 0 bridgehead atoms. The average molecular weight is 418 g/mol. The molecule has 8 nitrogen and oxygen atoms in total. The van der Waals surface area contributed by atoms with E-state index in [1.165, 1.54) is 31.2 Å². The number of methoxy groups -OCH3 is 1. The van der Waals surface area contributed by atoms with Crippen molar-refractivity contribution in [2.24, 2.45) is 0 Å². The molecule has 3 heterocycles. The van der Waals surface area contributed by atoms with Gasteiger partial charge in [-0.05, 0) is 44.9 Å². The second-order valence-electron chi connectivity index (χ2n) is 7.55. The molecule has 156 valence electrons. The molecule has 2 aromatic heterocycles. The van der Waals surface area contributed by atoms with E-state index in [9.17, 15) is 9.59 Å². The quantitative estimate of drug-likeness (QED) is 0.743. The van der Waals surface area contributed by atoms with Crippen LogP contribution in [0.15, 0.2) is 0 Å². The fourth-order valence-electron chi connectivity index (χ4n) is 4.07. The van der Waals surface area contributed by atoms with Crippen LogP contribution in [0.25, 0.3) is 0 Å². The number of amides is 2. The molecule has 0 saturated heterocycles. The van der Waals surface area contributed by atoms with E-state index in [-0.39, 0.29) is 12.6 Å². The minimum absolute atomic E-state index is 0.168. The molecule has 0 spiro atoms. The van der Waals surface area contributed by atoms with Crippen molar-refractivity contribution in [2.75, 3.05) is 12.4 Å². The number of nitrogens with zero attached hydrogens (tertiary/aromatic N) is 3.